The number of esters is 2. The molecule has 2 rings (SSSR count). The Morgan fingerprint density at radius 2 is 1.42 bits per heavy atom. The molecule has 1 fully saturated rings. The summed E-state index contributed by atoms with van der Waals surface area (Å²) in [5.41, 5.74) is 0. The average molecular weight is 262 g/mol. The van der Waals surface area contributed by atoms with E-state index in [-0.39, 0.29) is 37.0 Å². The van der Waals surface area contributed by atoms with Gasteiger partial charge in [0.05, 0.1) is 11.8 Å². The molecule has 1 saturated carbocycles. The van der Waals surface area contributed by atoms with E-state index in [0.717, 1.165) is 6.42 Å². The first kappa shape index (κ1) is 13.6. The van der Waals surface area contributed by atoms with Crippen molar-refractivity contribution < 1.29 is 19.1 Å². The predicted octanol–water partition coefficient (Wildman–Crippen LogP) is 1.88. The lowest BCUT2D eigenvalue weighted by Gasteiger charge is -2.24. The molecule has 0 aromatic heterocycles. The largest absolute Gasteiger partial charge is 0.461 e. The van der Waals surface area contributed by atoms with E-state index in [1.54, 1.807) is 0 Å². The molecule has 3 unspecified atom stereocenters. The highest BCUT2D eigenvalue weighted by Gasteiger charge is 2.52. The monoisotopic (exact) mass is 262 g/mol. The van der Waals surface area contributed by atoms with Crippen molar-refractivity contribution in [2.24, 2.45) is 23.7 Å². The summed E-state index contributed by atoms with van der Waals surface area (Å²) in [4.78, 5) is 24.1. The van der Waals surface area contributed by atoms with E-state index >= 15 is 0 Å². The summed E-state index contributed by atoms with van der Waals surface area (Å²) in [5, 5.41) is 0. The van der Waals surface area contributed by atoms with E-state index in [0.29, 0.717) is 0 Å². The first-order chi connectivity index (χ1) is 9.19. The molecule has 4 heteroatoms. The van der Waals surface area contributed by atoms with Crippen LogP contribution in [-0.2, 0) is 19.1 Å². The lowest BCUT2D eigenvalue weighted by molar-refractivity contribution is -0.160. The van der Waals surface area contributed by atoms with E-state index < -0.39 is 11.8 Å². The van der Waals surface area contributed by atoms with E-state index in [4.69, 9.17) is 9.47 Å². The summed E-state index contributed by atoms with van der Waals surface area (Å²) in [7, 11) is 0. The number of carbonyl (C=O) groups is 2. The molecule has 4 atom stereocenters. The van der Waals surface area contributed by atoms with Crippen LogP contribution in [-0.4, -0.2) is 25.2 Å². The molecule has 0 spiro atoms. The standard InChI is InChI=1S/C15H18O4/c1-3-7-18-14(16)12-10-5-6-11(9-10)13(12)15(17)19-8-4-2/h3-6,10-13H,1-2,7-9H2/t10-,11?,12?,13?/m0/s1. The molecule has 2 aliphatic carbocycles. The van der Waals surface area contributed by atoms with E-state index in [1.165, 1.54) is 12.2 Å². The van der Waals surface area contributed by atoms with Crippen LogP contribution in [0.2, 0.25) is 0 Å². The SMILES string of the molecule is C=CCOC(=O)C1C2C=C[C@@H](C2)C1C(=O)OCC=C. The maximum atomic E-state index is 12.1. The van der Waals surface area contributed by atoms with Gasteiger partial charge < -0.3 is 9.47 Å². The topological polar surface area (TPSA) is 52.6 Å². The minimum Gasteiger partial charge on any atom is -0.461 e. The van der Waals surface area contributed by atoms with Crippen molar-refractivity contribution >= 4 is 11.9 Å². The molecule has 0 aromatic carbocycles. The molecule has 0 aliphatic heterocycles. The lowest BCUT2D eigenvalue weighted by Crippen LogP contribution is -2.35. The van der Waals surface area contributed by atoms with Gasteiger partial charge in [-0.2, -0.15) is 0 Å². The fourth-order valence-electron chi connectivity index (χ4n) is 2.94. The van der Waals surface area contributed by atoms with Crippen LogP contribution in [0.3, 0.4) is 0 Å². The number of ether oxygens (including phenoxy) is 2. The highest BCUT2D eigenvalue weighted by molar-refractivity contribution is 5.84. The second kappa shape index (κ2) is 5.87. The van der Waals surface area contributed by atoms with Gasteiger partial charge in [0, 0.05) is 0 Å². The Morgan fingerprint density at radius 1 is 1.00 bits per heavy atom. The third kappa shape index (κ3) is 2.62. The van der Waals surface area contributed by atoms with Crippen LogP contribution >= 0.6 is 0 Å². The third-order valence-electron chi connectivity index (χ3n) is 3.69. The maximum Gasteiger partial charge on any atom is 0.310 e. The van der Waals surface area contributed by atoms with E-state index in [2.05, 4.69) is 13.2 Å². The Hall–Kier alpha value is -1.84. The van der Waals surface area contributed by atoms with Gasteiger partial charge in [0.2, 0.25) is 0 Å². The molecule has 0 radical (unpaired) electrons. The van der Waals surface area contributed by atoms with Gasteiger partial charge >= 0.3 is 11.9 Å². The summed E-state index contributed by atoms with van der Waals surface area (Å²) in [6, 6.07) is 0. The lowest BCUT2D eigenvalue weighted by atomic mass is 9.83. The van der Waals surface area contributed by atoms with Gasteiger partial charge in [0.15, 0.2) is 0 Å². The molecule has 0 saturated heterocycles. The van der Waals surface area contributed by atoms with Gasteiger partial charge in [-0.1, -0.05) is 37.5 Å². The summed E-state index contributed by atoms with van der Waals surface area (Å²) in [5.74, 6) is -1.35. The molecule has 0 heterocycles. The van der Waals surface area contributed by atoms with E-state index in [1.807, 2.05) is 12.2 Å². The predicted molar refractivity (Wildman–Crippen MR) is 70.0 cm³/mol. The molecule has 2 aliphatic rings. The molecular weight excluding hydrogens is 244 g/mol. The minimum absolute atomic E-state index is 0.0867. The second-order valence-electron chi connectivity index (χ2n) is 4.84. The maximum absolute atomic E-state index is 12.1. The van der Waals surface area contributed by atoms with Gasteiger partial charge in [-0.15, -0.1) is 0 Å². The van der Waals surface area contributed by atoms with Crippen LogP contribution < -0.4 is 0 Å². The van der Waals surface area contributed by atoms with E-state index in [9.17, 15) is 9.59 Å². The van der Waals surface area contributed by atoms with Crippen LogP contribution in [0.5, 0.6) is 0 Å². The number of hydrogen-bond acceptors (Lipinski definition) is 4. The van der Waals surface area contributed by atoms with Gasteiger partial charge in [0.25, 0.3) is 0 Å². The highest BCUT2D eigenvalue weighted by Crippen LogP contribution is 2.48. The van der Waals surface area contributed by atoms with Gasteiger partial charge in [-0.3, -0.25) is 9.59 Å². The zero-order valence-corrected chi connectivity index (χ0v) is 10.8. The third-order valence-corrected chi connectivity index (χ3v) is 3.69. The summed E-state index contributed by atoms with van der Waals surface area (Å²) >= 11 is 0. The van der Waals surface area contributed by atoms with Crippen molar-refractivity contribution in [3.8, 4) is 0 Å². The summed E-state index contributed by atoms with van der Waals surface area (Å²) in [6.45, 7) is 7.36. The molecule has 0 amide bonds. The Balaban J connectivity index is 2.08. The van der Waals surface area contributed by atoms with Crippen LogP contribution in [0.15, 0.2) is 37.5 Å². The fraction of sp³-hybridized carbons (Fsp3) is 0.467. The van der Waals surface area contributed by atoms with Crippen LogP contribution in [0, 0.1) is 23.7 Å². The molecule has 0 aromatic rings. The smallest absolute Gasteiger partial charge is 0.310 e. The average Bonchev–Trinajstić information content (AvgIpc) is 3.02. The second-order valence-corrected chi connectivity index (χ2v) is 4.84. The summed E-state index contributed by atoms with van der Waals surface area (Å²) in [6.07, 6.45) is 7.86. The van der Waals surface area contributed by atoms with Crippen molar-refractivity contribution in [2.75, 3.05) is 13.2 Å². The Morgan fingerprint density at radius 3 is 1.79 bits per heavy atom. The zero-order valence-electron chi connectivity index (χ0n) is 10.8. The summed E-state index contributed by atoms with van der Waals surface area (Å²) < 4.78 is 10.2. The van der Waals surface area contributed by atoms with Crippen molar-refractivity contribution in [1.29, 1.82) is 0 Å². The van der Waals surface area contributed by atoms with Crippen LogP contribution in [0.25, 0.3) is 0 Å². The van der Waals surface area contributed by atoms with Gasteiger partial charge in [0.1, 0.15) is 13.2 Å². The minimum atomic E-state index is -0.424. The quantitative estimate of drug-likeness (QED) is 0.542. The van der Waals surface area contributed by atoms with Crippen molar-refractivity contribution in [1.82, 2.24) is 0 Å². The fourth-order valence-corrected chi connectivity index (χ4v) is 2.94. The molecule has 19 heavy (non-hydrogen) atoms. The highest BCUT2D eigenvalue weighted by atomic mass is 16.5. The number of hydrogen-bond donors (Lipinski definition) is 0. The number of rotatable bonds is 6. The zero-order chi connectivity index (χ0) is 13.8. The molecule has 102 valence electrons. The van der Waals surface area contributed by atoms with Crippen molar-refractivity contribution in [3.63, 3.8) is 0 Å². The Kier molecular flexibility index (Phi) is 4.20. The number of carbonyl (C=O) groups excluding carboxylic acids is 2. The van der Waals surface area contributed by atoms with Crippen LogP contribution in [0.1, 0.15) is 6.42 Å². The molecule has 0 N–H and O–H groups in total. The number of fused-ring (bicyclic) bond motifs is 2. The van der Waals surface area contributed by atoms with Crippen molar-refractivity contribution in [2.45, 2.75) is 6.42 Å². The molecule has 4 nitrogen and oxygen atoms in total. The van der Waals surface area contributed by atoms with Crippen molar-refractivity contribution in [3.05, 3.63) is 37.5 Å². The Bertz CT molecular complexity index is 386. The first-order valence-corrected chi connectivity index (χ1v) is 6.42. The Labute approximate surface area is 112 Å². The van der Waals surface area contributed by atoms with Gasteiger partial charge in [-0.25, -0.2) is 0 Å². The normalized spacial score (nSPS) is 30.9. The molecule has 2 bridgehead atoms. The molecular formula is C15H18O4. The van der Waals surface area contributed by atoms with Crippen LogP contribution in [0.4, 0.5) is 0 Å². The van der Waals surface area contributed by atoms with Gasteiger partial charge in [-0.05, 0) is 18.3 Å². The number of allylic oxidation sites excluding steroid dienone is 2. The first-order valence-electron chi connectivity index (χ1n) is 6.42.